The molecule has 4 nitrogen and oxygen atoms in total. The maximum atomic E-state index is 2.84. The van der Waals surface area contributed by atoms with Crippen LogP contribution in [0.25, 0.3) is 0 Å². The molecule has 5 heteroatoms. The van der Waals surface area contributed by atoms with Gasteiger partial charge in [-0.3, -0.25) is 9.80 Å². The van der Waals surface area contributed by atoms with Crippen molar-refractivity contribution in [1.29, 1.82) is 0 Å². The standard InChI is InChI=1S/C24H45IN4/c1-19-14-23(16-29(19)21(2,3)4)9-12-27(15-23)11-8-22(5,6)28-13-10-24(20(28)25)17-26(7)18-24/h19-20H,8-18H2,1-7H3/t19-,20-,23?/m0/s1. The predicted molar refractivity (Wildman–Crippen MR) is 132 cm³/mol. The molecule has 4 aliphatic heterocycles. The lowest BCUT2D eigenvalue weighted by Gasteiger charge is -2.51. The molecule has 4 aliphatic rings. The van der Waals surface area contributed by atoms with Crippen molar-refractivity contribution in [3.05, 3.63) is 0 Å². The smallest absolute Gasteiger partial charge is 0.0705 e. The van der Waals surface area contributed by atoms with Gasteiger partial charge in [0.05, 0.1) is 4.05 Å². The SMILES string of the molecule is C[C@H]1CC2(CCN(CCC(C)(C)N3CCC4(CN(C)C4)[C@H]3I)C2)CN1C(C)(C)C. The molecule has 168 valence electrons. The summed E-state index contributed by atoms with van der Waals surface area (Å²) in [5, 5.41) is 0. The number of halogens is 1. The van der Waals surface area contributed by atoms with Crippen molar-refractivity contribution in [3.8, 4) is 0 Å². The van der Waals surface area contributed by atoms with E-state index in [1.54, 1.807) is 0 Å². The Morgan fingerprint density at radius 3 is 2.21 bits per heavy atom. The highest BCUT2D eigenvalue weighted by molar-refractivity contribution is 14.1. The topological polar surface area (TPSA) is 13.0 Å². The Bertz CT molecular complexity index is 608. The first-order valence-electron chi connectivity index (χ1n) is 11.9. The van der Waals surface area contributed by atoms with E-state index in [2.05, 4.69) is 90.8 Å². The molecule has 0 aromatic carbocycles. The van der Waals surface area contributed by atoms with Crippen LogP contribution in [0.2, 0.25) is 0 Å². The molecule has 0 bridgehead atoms. The van der Waals surface area contributed by atoms with Crippen LogP contribution >= 0.6 is 22.6 Å². The summed E-state index contributed by atoms with van der Waals surface area (Å²) in [5.74, 6) is 0. The second-order valence-electron chi connectivity index (χ2n) is 12.8. The molecule has 0 N–H and O–H groups in total. The van der Waals surface area contributed by atoms with Crippen molar-refractivity contribution in [2.75, 3.05) is 52.9 Å². The van der Waals surface area contributed by atoms with Gasteiger partial charge in [0.2, 0.25) is 0 Å². The highest BCUT2D eigenvalue weighted by atomic mass is 127. The predicted octanol–water partition coefficient (Wildman–Crippen LogP) is 4.14. The monoisotopic (exact) mass is 516 g/mol. The maximum absolute atomic E-state index is 2.84. The van der Waals surface area contributed by atoms with E-state index in [4.69, 9.17) is 0 Å². The lowest BCUT2D eigenvalue weighted by Crippen LogP contribution is -2.60. The first kappa shape index (κ1) is 22.8. The van der Waals surface area contributed by atoms with Crippen LogP contribution in [0.5, 0.6) is 0 Å². The second-order valence-corrected chi connectivity index (χ2v) is 13.9. The van der Waals surface area contributed by atoms with Crippen molar-refractivity contribution in [3.63, 3.8) is 0 Å². The molecule has 0 saturated carbocycles. The van der Waals surface area contributed by atoms with E-state index in [0.29, 0.717) is 26.0 Å². The van der Waals surface area contributed by atoms with E-state index < -0.39 is 0 Å². The molecule has 0 radical (unpaired) electrons. The highest BCUT2D eigenvalue weighted by Crippen LogP contribution is 2.50. The lowest BCUT2D eigenvalue weighted by molar-refractivity contribution is 0.00824. The van der Waals surface area contributed by atoms with Crippen LogP contribution < -0.4 is 0 Å². The van der Waals surface area contributed by atoms with Crippen LogP contribution in [0.3, 0.4) is 0 Å². The van der Waals surface area contributed by atoms with Crippen LogP contribution in [0.15, 0.2) is 0 Å². The zero-order valence-corrected chi connectivity index (χ0v) is 22.3. The summed E-state index contributed by atoms with van der Waals surface area (Å²) in [6.07, 6.45) is 5.48. The zero-order chi connectivity index (χ0) is 21.2. The van der Waals surface area contributed by atoms with Gasteiger partial charge in [-0.2, -0.15) is 0 Å². The van der Waals surface area contributed by atoms with Gasteiger partial charge < -0.3 is 9.80 Å². The van der Waals surface area contributed by atoms with Gasteiger partial charge in [0.25, 0.3) is 0 Å². The number of rotatable bonds is 4. The van der Waals surface area contributed by atoms with Crippen LogP contribution in [-0.2, 0) is 0 Å². The van der Waals surface area contributed by atoms with Gasteiger partial charge in [0.15, 0.2) is 0 Å². The molecule has 4 rings (SSSR count). The first-order valence-corrected chi connectivity index (χ1v) is 13.2. The molecule has 0 aromatic heterocycles. The number of alkyl halides is 1. The van der Waals surface area contributed by atoms with E-state index in [0.717, 1.165) is 6.04 Å². The number of hydrogen-bond donors (Lipinski definition) is 0. The Morgan fingerprint density at radius 1 is 0.931 bits per heavy atom. The number of likely N-dealkylation sites (tertiary alicyclic amines) is 4. The van der Waals surface area contributed by atoms with Crippen LogP contribution in [0.4, 0.5) is 0 Å². The third-order valence-electron chi connectivity index (χ3n) is 8.76. The number of nitrogens with zero attached hydrogens (tertiary/aromatic N) is 4. The summed E-state index contributed by atoms with van der Waals surface area (Å²) in [6.45, 7) is 23.7. The van der Waals surface area contributed by atoms with Gasteiger partial charge in [-0.05, 0) is 92.8 Å². The largest absolute Gasteiger partial charge is 0.305 e. The van der Waals surface area contributed by atoms with Gasteiger partial charge in [-0.25, -0.2) is 0 Å². The maximum Gasteiger partial charge on any atom is 0.0705 e. The van der Waals surface area contributed by atoms with Crippen molar-refractivity contribution < 1.29 is 0 Å². The molecule has 4 heterocycles. The third kappa shape index (κ3) is 4.17. The van der Waals surface area contributed by atoms with Crippen LogP contribution in [-0.4, -0.2) is 93.6 Å². The Kier molecular flexibility index (Phi) is 5.94. The molecule has 2 spiro atoms. The summed E-state index contributed by atoms with van der Waals surface area (Å²) in [4.78, 5) is 10.9. The fourth-order valence-electron chi connectivity index (χ4n) is 7.16. The van der Waals surface area contributed by atoms with E-state index >= 15 is 0 Å². The minimum atomic E-state index is 0.301. The normalized spacial score (nSPS) is 37.2. The molecule has 0 aliphatic carbocycles. The molecule has 0 aromatic rings. The average Bonchev–Trinajstić information content (AvgIpc) is 3.23. The number of hydrogen-bond acceptors (Lipinski definition) is 4. The van der Waals surface area contributed by atoms with E-state index in [1.807, 2.05) is 0 Å². The average molecular weight is 517 g/mol. The molecule has 4 saturated heterocycles. The summed E-state index contributed by atoms with van der Waals surface area (Å²) in [5.41, 5.74) is 1.73. The summed E-state index contributed by atoms with van der Waals surface area (Å²) < 4.78 is 0.701. The zero-order valence-electron chi connectivity index (χ0n) is 20.1. The van der Waals surface area contributed by atoms with Gasteiger partial charge in [-0.15, -0.1) is 0 Å². The minimum Gasteiger partial charge on any atom is -0.305 e. The molecule has 29 heavy (non-hydrogen) atoms. The molecule has 3 atom stereocenters. The molecular weight excluding hydrogens is 471 g/mol. The summed E-state index contributed by atoms with van der Waals surface area (Å²) in [7, 11) is 2.27. The summed E-state index contributed by atoms with van der Waals surface area (Å²) in [6, 6.07) is 0.729. The molecule has 4 fully saturated rings. The highest BCUT2D eigenvalue weighted by Gasteiger charge is 2.55. The van der Waals surface area contributed by atoms with Crippen LogP contribution in [0, 0.1) is 10.8 Å². The van der Waals surface area contributed by atoms with Crippen molar-refractivity contribution in [2.24, 2.45) is 10.8 Å². The fraction of sp³-hybridized carbons (Fsp3) is 1.00. The molecule has 1 unspecified atom stereocenters. The Morgan fingerprint density at radius 2 is 1.62 bits per heavy atom. The minimum absolute atomic E-state index is 0.301. The molecule has 0 amide bonds. The van der Waals surface area contributed by atoms with E-state index in [1.165, 1.54) is 71.5 Å². The fourth-order valence-corrected chi connectivity index (χ4v) is 8.90. The van der Waals surface area contributed by atoms with Crippen molar-refractivity contribution in [1.82, 2.24) is 19.6 Å². The molecular formula is C24H45IN4. The van der Waals surface area contributed by atoms with Crippen molar-refractivity contribution in [2.45, 2.75) is 88.4 Å². The van der Waals surface area contributed by atoms with Crippen molar-refractivity contribution >= 4 is 22.6 Å². The van der Waals surface area contributed by atoms with Gasteiger partial charge in [-0.1, -0.05) is 22.6 Å². The lowest BCUT2D eigenvalue weighted by atomic mass is 9.79. The second kappa shape index (κ2) is 7.57. The first-order chi connectivity index (χ1) is 13.4. The quantitative estimate of drug-likeness (QED) is 0.317. The third-order valence-corrected chi connectivity index (χ3v) is 10.8. The summed E-state index contributed by atoms with van der Waals surface area (Å²) >= 11 is 2.76. The Balaban J connectivity index is 1.31. The van der Waals surface area contributed by atoms with Gasteiger partial charge in [0.1, 0.15) is 0 Å². The Hall–Kier alpha value is 0.570. The van der Waals surface area contributed by atoms with E-state index in [9.17, 15) is 0 Å². The van der Waals surface area contributed by atoms with Gasteiger partial charge >= 0.3 is 0 Å². The van der Waals surface area contributed by atoms with Crippen LogP contribution in [0.1, 0.15) is 67.2 Å². The Labute approximate surface area is 193 Å². The van der Waals surface area contributed by atoms with Gasteiger partial charge in [0, 0.05) is 55.3 Å². The van der Waals surface area contributed by atoms with E-state index in [-0.39, 0.29) is 0 Å².